The number of aliphatic hydroxyl groups is 1. The van der Waals surface area contributed by atoms with Crippen LogP contribution in [-0.4, -0.2) is 36.8 Å². The first kappa shape index (κ1) is 13.3. The highest BCUT2D eigenvalue weighted by molar-refractivity contribution is 5.41. The molecule has 3 N–H and O–H groups in total. The summed E-state index contributed by atoms with van der Waals surface area (Å²) in [6.07, 6.45) is 0.670. The van der Waals surface area contributed by atoms with Crippen LogP contribution in [0.5, 0.6) is 5.75 Å². The highest BCUT2D eigenvalue weighted by Crippen LogP contribution is 2.37. The van der Waals surface area contributed by atoms with Crippen LogP contribution in [-0.2, 0) is 6.54 Å². The molecule has 0 spiro atoms. The van der Waals surface area contributed by atoms with E-state index in [0.29, 0.717) is 30.8 Å². The molecule has 0 saturated carbocycles. The van der Waals surface area contributed by atoms with Crippen molar-refractivity contribution in [3.63, 3.8) is 0 Å². The third-order valence-electron chi connectivity index (χ3n) is 3.43. The molecule has 1 aromatic rings. The summed E-state index contributed by atoms with van der Waals surface area (Å²) in [4.78, 5) is 2.10. The van der Waals surface area contributed by atoms with Gasteiger partial charge in [-0.15, -0.1) is 0 Å². The number of ether oxygens (including phenoxy) is 1. The predicted octanol–water partition coefficient (Wildman–Crippen LogP) is 1.03. The summed E-state index contributed by atoms with van der Waals surface area (Å²) in [5.41, 5.74) is 7.39. The van der Waals surface area contributed by atoms with Crippen molar-refractivity contribution in [2.75, 3.05) is 26.8 Å². The second-order valence-electron chi connectivity index (χ2n) is 4.48. The molecule has 0 saturated heterocycles. The predicted molar refractivity (Wildman–Crippen MR) is 66.9 cm³/mol. The van der Waals surface area contributed by atoms with E-state index in [0.717, 1.165) is 12.1 Å². The minimum absolute atomic E-state index is 0.0103. The average Bonchev–Trinajstić information content (AvgIpc) is 2.74. The number of aliphatic hydroxyl groups excluding tert-OH is 1. The Kier molecular flexibility index (Phi) is 4.16. The van der Waals surface area contributed by atoms with E-state index in [1.54, 1.807) is 0 Å². The van der Waals surface area contributed by atoms with E-state index in [2.05, 4.69) is 4.90 Å². The third-order valence-corrected chi connectivity index (χ3v) is 3.43. The highest BCUT2D eigenvalue weighted by atomic mass is 19.1. The molecule has 100 valence electrons. The molecule has 1 aromatic carbocycles. The van der Waals surface area contributed by atoms with Crippen molar-refractivity contribution in [3.8, 4) is 5.75 Å². The van der Waals surface area contributed by atoms with E-state index >= 15 is 0 Å². The molecule has 1 heterocycles. The molecular weight excluding hydrogens is 235 g/mol. The summed E-state index contributed by atoms with van der Waals surface area (Å²) in [6.45, 7) is 1.84. The number of benzene rings is 1. The van der Waals surface area contributed by atoms with Gasteiger partial charge in [-0.1, -0.05) is 0 Å². The topological polar surface area (TPSA) is 58.7 Å². The van der Waals surface area contributed by atoms with Gasteiger partial charge in [-0.2, -0.15) is 0 Å². The van der Waals surface area contributed by atoms with Crippen molar-refractivity contribution in [1.29, 1.82) is 0 Å². The maximum Gasteiger partial charge on any atom is 0.131 e. The van der Waals surface area contributed by atoms with Gasteiger partial charge in [-0.3, -0.25) is 4.90 Å². The van der Waals surface area contributed by atoms with Crippen LogP contribution >= 0.6 is 0 Å². The smallest absolute Gasteiger partial charge is 0.131 e. The highest BCUT2D eigenvalue weighted by Gasteiger charge is 2.31. The van der Waals surface area contributed by atoms with E-state index in [4.69, 9.17) is 15.6 Å². The fraction of sp³-hybridized carbons (Fsp3) is 0.538. The molecule has 0 radical (unpaired) electrons. The van der Waals surface area contributed by atoms with Crippen molar-refractivity contribution < 1.29 is 14.2 Å². The molecule has 2 rings (SSSR count). The van der Waals surface area contributed by atoms with Crippen molar-refractivity contribution in [3.05, 3.63) is 29.1 Å². The number of methoxy groups -OCH3 is 1. The number of rotatable bonds is 5. The van der Waals surface area contributed by atoms with Crippen molar-refractivity contribution in [2.45, 2.75) is 19.0 Å². The fourth-order valence-corrected chi connectivity index (χ4v) is 2.51. The van der Waals surface area contributed by atoms with Gasteiger partial charge in [-0.05, 0) is 18.1 Å². The van der Waals surface area contributed by atoms with Crippen molar-refractivity contribution >= 4 is 0 Å². The number of hydrogen-bond donors (Lipinski definition) is 2. The fourth-order valence-electron chi connectivity index (χ4n) is 2.51. The molecule has 0 aromatic heterocycles. The largest absolute Gasteiger partial charge is 0.497 e. The molecule has 1 atom stereocenters. The number of nitrogens with two attached hydrogens (primary N) is 1. The van der Waals surface area contributed by atoms with E-state index in [-0.39, 0.29) is 18.5 Å². The summed E-state index contributed by atoms with van der Waals surface area (Å²) >= 11 is 0. The maximum absolute atomic E-state index is 13.9. The molecule has 0 bridgehead atoms. The molecular formula is C13H19FN2O2. The van der Waals surface area contributed by atoms with Crippen LogP contribution < -0.4 is 10.5 Å². The Balaban J connectivity index is 2.29. The quantitative estimate of drug-likeness (QED) is 0.824. The second-order valence-corrected chi connectivity index (χ2v) is 4.48. The van der Waals surface area contributed by atoms with Gasteiger partial charge in [-0.25, -0.2) is 4.39 Å². The minimum atomic E-state index is -0.241. The normalized spacial score (nSPS) is 19.0. The molecule has 0 aliphatic carbocycles. The first-order valence-electron chi connectivity index (χ1n) is 6.12. The van der Waals surface area contributed by atoms with Crippen molar-refractivity contribution in [2.24, 2.45) is 5.73 Å². The second kappa shape index (κ2) is 5.65. The minimum Gasteiger partial charge on any atom is -0.497 e. The monoisotopic (exact) mass is 254 g/mol. The van der Waals surface area contributed by atoms with Gasteiger partial charge in [0.1, 0.15) is 11.6 Å². The molecule has 0 fully saturated rings. The Morgan fingerprint density at radius 2 is 2.33 bits per heavy atom. The Labute approximate surface area is 106 Å². The number of hydrogen-bond acceptors (Lipinski definition) is 4. The van der Waals surface area contributed by atoms with Crippen LogP contribution in [0.2, 0.25) is 0 Å². The maximum atomic E-state index is 13.9. The molecule has 4 nitrogen and oxygen atoms in total. The van der Waals surface area contributed by atoms with Gasteiger partial charge < -0.3 is 15.6 Å². The first-order valence-corrected chi connectivity index (χ1v) is 6.12. The lowest BCUT2D eigenvalue weighted by atomic mass is 10.0. The first-order chi connectivity index (χ1) is 8.71. The molecule has 1 aliphatic heterocycles. The van der Waals surface area contributed by atoms with Gasteiger partial charge in [0.15, 0.2) is 0 Å². The van der Waals surface area contributed by atoms with Gasteiger partial charge in [0, 0.05) is 43.9 Å². The van der Waals surface area contributed by atoms with E-state index in [9.17, 15) is 4.39 Å². The van der Waals surface area contributed by atoms with Crippen LogP contribution in [0.15, 0.2) is 12.1 Å². The summed E-state index contributed by atoms with van der Waals surface area (Å²) in [5, 5.41) is 8.89. The average molecular weight is 254 g/mol. The van der Waals surface area contributed by atoms with Gasteiger partial charge in [0.2, 0.25) is 0 Å². The lowest BCUT2D eigenvalue weighted by molar-refractivity contribution is 0.189. The number of fused-ring (bicyclic) bond motifs is 1. The Morgan fingerprint density at radius 1 is 1.56 bits per heavy atom. The van der Waals surface area contributed by atoms with Crippen LogP contribution in [0.1, 0.15) is 23.6 Å². The molecule has 0 amide bonds. The van der Waals surface area contributed by atoms with Crippen LogP contribution in [0.4, 0.5) is 4.39 Å². The lowest BCUT2D eigenvalue weighted by Crippen LogP contribution is -2.29. The molecule has 1 unspecified atom stereocenters. The van der Waals surface area contributed by atoms with Crippen LogP contribution in [0, 0.1) is 5.82 Å². The SMILES string of the molecule is COc1cc(F)c2c(c1)C(CN)N(CCCO)C2. The molecule has 18 heavy (non-hydrogen) atoms. The van der Waals surface area contributed by atoms with Crippen molar-refractivity contribution in [1.82, 2.24) is 4.90 Å². The standard InChI is InChI=1S/C13H19FN2O2/c1-18-9-5-10-11(12(14)6-9)8-16(3-2-4-17)13(10)7-15/h5-6,13,17H,2-4,7-8,15H2,1H3. The number of halogens is 1. The Hall–Kier alpha value is -1.17. The zero-order chi connectivity index (χ0) is 13.1. The van der Waals surface area contributed by atoms with E-state index < -0.39 is 0 Å². The van der Waals surface area contributed by atoms with Gasteiger partial charge >= 0.3 is 0 Å². The Bertz CT molecular complexity index is 426. The molecule has 1 aliphatic rings. The van der Waals surface area contributed by atoms with E-state index in [1.165, 1.54) is 13.2 Å². The van der Waals surface area contributed by atoms with Crippen LogP contribution in [0.25, 0.3) is 0 Å². The number of nitrogens with zero attached hydrogens (tertiary/aromatic N) is 1. The third kappa shape index (κ3) is 2.34. The van der Waals surface area contributed by atoms with Crippen LogP contribution in [0.3, 0.4) is 0 Å². The molecule has 5 heteroatoms. The summed E-state index contributed by atoms with van der Waals surface area (Å²) in [5.74, 6) is 0.281. The van der Waals surface area contributed by atoms with Gasteiger partial charge in [0.25, 0.3) is 0 Å². The zero-order valence-corrected chi connectivity index (χ0v) is 10.5. The Morgan fingerprint density at radius 3 is 2.94 bits per heavy atom. The summed E-state index contributed by atoms with van der Waals surface area (Å²) in [7, 11) is 1.52. The zero-order valence-electron chi connectivity index (χ0n) is 10.5. The van der Waals surface area contributed by atoms with E-state index in [1.807, 2.05) is 6.07 Å². The lowest BCUT2D eigenvalue weighted by Gasteiger charge is -2.23. The van der Waals surface area contributed by atoms with Gasteiger partial charge in [0.05, 0.1) is 7.11 Å². The summed E-state index contributed by atoms with van der Waals surface area (Å²) < 4.78 is 19.0. The summed E-state index contributed by atoms with van der Waals surface area (Å²) in [6, 6.07) is 3.27.